The monoisotopic (exact) mass is 137 g/mol. The lowest BCUT2D eigenvalue weighted by Gasteiger charge is -1.89. The summed E-state index contributed by atoms with van der Waals surface area (Å²) in [7, 11) is 0. The maximum Gasteiger partial charge on any atom is 0.115 e. The van der Waals surface area contributed by atoms with Gasteiger partial charge >= 0.3 is 0 Å². The predicted octanol–water partition coefficient (Wildman–Crippen LogP) is 0.479. The van der Waals surface area contributed by atoms with E-state index in [9.17, 15) is 0 Å². The summed E-state index contributed by atoms with van der Waals surface area (Å²) in [6, 6.07) is 1.77. The molecule has 0 bridgehead atoms. The molecule has 0 radical (unpaired) electrons. The number of rotatable bonds is 2. The molecule has 0 spiro atoms. The standard InChI is InChI=1S/C6H7N3O/c10-9-4-2-6-1-3-7-5-8-6/h1,3-5,10H,2H2/b9-4+. The molecule has 0 aliphatic carbocycles. The highest BCUT2D eigenvalue weighted by Crippen LogP contribution is 1.88. The van der Waals surface area contributed by atoms with E-state index in [4.69, 9.17) is 5.21 Å². The lowest BCUT2D eigenvalue weighted by molar-refractivity contribution is 0.320. The summed E-state index contributed by atoms with van der Waals surface area (Å²) >= 11 is 0. The van der Waals surface area contributed by atoms with Crippen LogP contribution in [0.1, 0.15) is 5.69 Å². The van der Waals surface area contributed by atoms with Crippen LogP contribution in [0, 0.1) is 0 Å². The van der Waals surface area contributed by atoms with E-state index in [-0.39, 0.29) is 0 Å². The van der Waals surface area contributed by atoms with Gasteiger partial charge in [0.1, 0.15) is 6.33 Å². The molecule has 1 aromatic heterocycles. The van der Waals surface area contributed by atoms with Crippen molar-refractivity contribution in [2.75, 3.05) is 0 Å². The van der Waals surface area contributed by atoms with Crippen molar-refractivity contribution in [3.63, 3.8) is 0 Å². The summed E-state index contributed by atoms with van der Waals surface area (Å²) in [5, 5.41) is 10.9. The first-order valence-corrected chi connectivity index (χ1v) is 2.84. The Hall–Kier alpha value is -1.45. The fourth-order valence-electron chi connectivity index (χ4n) is 0.573. The van der Waals surface area contributed by atoms with Crippen molar-refractivity contribution in [3.8, 4) is 0 Å². The topological polar surface area (TPSA) is 58.4 Å². The molecule has 0 unspecified atom stereocenters. The Morgan fingerprint density at radius 3 is 3.20 bits per heavy atom. The molecule has 0 aliphatic rings. The van der Waals surface area contributed by atoms with Crippen molar-refractivity contribution in [3.05, 3.63) is 24.3 Å². The van der Waals surface area contributed by atoms with Crippen LogP contribution in [0.5, 0.6) is 0 Å². The first-order valence-electron chi connectivity index (χ1n) is 2.84. The van der Waals surface area contributed by atoms with Gasteiger partial charge in [-0.1, -0.05) is 0 Å². The van der Waals surface area contributed by atoms with Crippen LogP contribution in [0.2, 0.25) is 0 Å². The van der Waals surface area contributed by atoms with Crippen LogP contribution in [-0.4, -0.2) is 21.4 Å². The molecule has 1 N–H and O–H groups in total. The van der Waals surface area contributed by atoms with Gasteiger partial charge in [-0.3, -0.25) is 0 Å². The van der Waals surface area contributed by atoms with Gasteiger partial charge in [0.2, 0.25) is 0 Å². The van der Waals surface area contributed by atoms with Gasteiger partial charge in [0, 0.05) is 24.5 Å². The Bertz CT molecular complexity index is 209. The highest BCUT2D eigenvalue weighted by molar-refractivity contribution is 5.59. The highest BCUT2D eigenvalue weighted by atomic mass is 16.4. The molecule has 0 aliphatic heterocycles. The summed E-state index contributed by atoms with van der Waals surface area (Å²) in [4.78, 5) is 7.64. The van der Waals surface area contributed by atoms with Crippen molar-refractivity contribution in [2.24, 2.45) is 5.16 Å². The van der Waals surface area contributed by atoms with Crippen LogP contribution in [0.4, 0.5) is 0 Å². The van der Waals surface area contributed by atoms with Crippen LogP contribution in [0.15, 0.2) is 23.7 Å². The number of hydrogen-bond acceptors (Lipinski definition) is 4. The first kappa shape index (κ1) is 6.67. The summed E-state index contributed by atoms with van der Waals surface area (Å²) in [5.41, 5.74) is 0.841. The molecule has 52 valence electrons. The second-order valence-corrected chi connectivity index (χ2v) is 1.70. The van der Waals surface area contributed by atoms with Gasteiger partial charge < -0.3 is 5.21 Å². The molecule has 1 heterocycles. The average Bonchev–Trinajstić information content (AvgIpc) is 2.03. The van der Waals surface area contributed by atoms with Crippen LogP contribution in [0.3, 0.4) is 0 Å². The second kappa shape index (κ2) is 3.55. The van der Waals surface area contributed by atoms with Gasteiger partial charge in [-0.25, -0.2) is 9.97 Å². The smallest absolute Gasteiger partial charge is 0.115 e. The second-order valence-electron chi connectivity index (χ2n) is 1.70. The first-order chi connectivity index (χ1) is 4.93. The lowest BCUT2D eigenvalue weighted by Crippen LogP contribution is -1.90. The molecule has 10 heavy (non-hydrogen) atoms. The van der Waals surface area contributed by atoms with E-state index in [0.29, 0.717) is 6.42 Å². The molecule has 0 atom stereocenters. The van der Waals surface area contributed by atoms with Gasteiger partial charge in [-0.05, 0) is 6.07 Å². The normalized spacial score (nSPS) is 10.4. The molecule has 4 nitrogen and oxygen atoms in total. The minimum atomic E-state index is 0.541. The highest BCUT2D eigenvalue weighted by Gasteiger charge is 1.87. The molecule has 0 aromatic carbocycles. The summed E-state index contributed by atoms with van der Waals surface area (Å²) in [5.74, 6) is 0. The average molecular weight is 137 g/mol. The number of nitrogens with zero attached hydrogens (tertiary/aromatic N) is 3. The van der Waals surface area contributed by atoms with Crippen LogP contribution >= 0.6 is 0 Å². The number of oxime groups is 1. The SMILES string of the molecule is O/N=C/Cc1ccncn1. The van der Waals surface area contributed by atoms with Crippen molar-refractivity contribution in [1.29, 1.82) is 0 Å². The molecule has 1 aromatic rings. The fraction of sp³-hybridized carbons (Fsp3) is 0.167. The zero-order valence-corrected chi connectivity index (χ0v) is 5.31. The van der Waals surface area contributed by atoms with Crippen LogP contribution in [-0.2, 0) is 6.42 Å². The molecule has 4 heteroatoms. The molecule has 0 amide bonds. The third-order valence-electron chi connectivity index (χ3n) is 1.03. The van der Waals surface area contributed by atoms with Crippen molar-refractivity contribution in [1.82, 2.24) is 9.97 Å². The zero-order chi connectivity index (χ0) is 7.23. The van der Waals surface area contributed by atoms with Crippen molar-refractivity contribution in [2.45, 2.75) is 6.42 Å². The predicted molar refractivity (Wildman–Crippen MR) is 36.0 cm³/mol. The van der Waals surface area contributed by atoms with Gasteiger partial charge in [0.05, 0.1) is 0 Å². The summed E-state index contributed by atoms with van der Waals surface area (Å²) in [6.45, 7) is 0. The van der Waals surface area contributed by atoms with E-state index in [1.54, 1.807) is 12.3 Å². The van der Waals surface area contributed by atoms with E-state index in [1.807, 2.05) is 0 Å². The van der Waals surface area contributed by atoms with E-state index in [2.05, 4.69) is 15.1 Å². The van der Waals surface area contributed by atoms with Crippen molar-refractivity contribution < 1.29 is 5.21 Å². The van der Waals surface area contributed by atoms with Gasteiger partial charge in [-0.2, -0.15) is 0 Å². The van der Waals surface area contributed by atoms with Crippen molar-refractivity contribution >= 4 is 6.21 Å². The Labute approximate surface area is 58.2 Å². The maximum absolute atomic E-state index is 8.05. The Balaban J connectivity index is 2.59. The molecular formula is C6H7N3O. The minimum absolute atomic E-state index is 0.541. The summed E-state index contributed by atoms with van der Waals surface area (Å²) in [6.07, 6.45) is 5.02. The van der Waals surface area contributed by atoms with Gasteiger partial charge in [0.25, 0.3) is 0 Å². The molecule has 0 saturated heterocycles. The maximum atomic E-state index is 8.05. The van der Waals surface area contributed by atoms with E-state index >= 15 is 0 Å². The van der Waals surface area contributed by atoms with Gasteiger partial charge in [-0.15, -0.1) is 5.16 Å². The Kier molecular flexibility index (Phi) is 2.37. The van der Waals surface area contributed by atoms with Gasteiger partial charge in [0.15, 0.2) is 0 Å². The number of hydrogen-bond donors (Lipinski definition) is 1. The Morgan fingerprint density at radius 1 is 1.70 bits per heavy atom. The van der Waals surface area contributed by atoms with Crippen LogP contribution < -0.4 is 0 Å². The molecular weight excluding hydrogens is 130 g/mol. The molecule has 0 saturated carbocycles. The lowest BCUT2D eigenvalue weighted by atomic mass is 10.3. The van der Waals surface area contributed by atoms with E-state index in [1.165, 1.54) is 12.5 Å². The largest absolute Gasteiger partial charge is 0.411 e. The molecule has 1 rings (SSSR count). The molecule has 0 fully saturated rings. The Morgan fingerprint density at radius 2 is 2.60 bits per heavy atom. The minimum Gasteiger partial charge on any atom is -0.411 e. The fourth-order valence-corrected chi connectivity index (χ4v) is 0.573. The van der Waals surface area contributed by atoms with Crippen LogP contribution in [0.25, 0.3) is 0 Å². The number of aromatic nitrogens is 2. The van der Waals surface area contributed by atoms with E-state index in [0.717, 1.165) is 5.69 Å². The summed E-state index contributed by atoms with van der Waals surface area (Å²) < 4.78 is 0. The zero-order valence-electron chi connectivity index (χ0n) is 5.31. The van der Waals surface area contributed by atoms with E-state index < -0.39 is 0 Å². The third kappa shape index (κ3) is 1.81. The third-order valence-corrected chi connectivity index (χ3v) is 1.03. The quantitative estimate of drug-likeness (QED) is 0.366.